The van der Waals surface area contributed by atoms with Crippen molar-refractivity contribution in [3.63, 3.8) is 0 Å². The van der Waals surface area contributed by atoms with E-state index >= 15 is 0 Å². The highest BCUT2D eigenvalue weighted by Gasteiger charge is 2.67. The summed E-state index contributed by atoms with van der Waals surface area (Å²) in [5.41, 5.74) is -1.71. The molecule has 0 bridgehead atoms. The lowest BCUT2D eigenvalue weighted by Gasteiger charge is -2.35. The fourth-order valence-electron chi connectivity index (χ4n) is 3.02. The number of carbonyl (C=O) groups is 2. The summed E-state index contributed by atoms with van der Waals surface area (Å²) >= 11 is 0. The highest BCUT2D eigenvalue weighted by Crippen LogP contribution is 2.46. The van der Waals surface area contributed by atoms with Crippen molar-refractivity contribution in [3.8, 4) is 0 Å². The average molecular weight is 380 g/mol. The molecule has 1 aromatic rings. The summed E-state index contributed by atoms with van der Waals surface area (Å²) in [5.74, 6) is -3.00. The third-order valence-corrected chi connectivity index (χ3v) is 3.96. The van der Waals surface area contributed by atoms with Crippen LogP contribution < -0.4 is 0 Å². The van der Waals surface area contributed by atoms with E-state index in [1.807, 2.05) is 0 Å². The maximum atomic E-state index is 13.1. The van der Waals surface area contributed by atoms with E-state index in [9.17, 15) is 14.7 Å². The van der Waals surface area contributed by atoms with Crippen molar-refractivity contribution in [1.82, 2.24) is 0 Å². The zero-order chi connectivity index (χ0) is 20.4. The van der Waals surface area contributed by atoms with Gasteiger partial charge in [-0.05, 0) is 47.1 Å². The number of hydrogen-bond donors (Lipinski definition) is 1. The van der Waals surface area contributed by atoms with Crippen LogP contribution in [-0.2, 0) is 28.5 Å². The Hall–Kier alpha value is -1.96. The van der Waals surface area contributed by atoms with E-state index in [1.165, 1.54) is 0 Å². The second-order valence-corrected chi connectivity index (χ2v) is 7.55. The molecule has 7 nitrogen and oxygen atoms in total. The maximum Gasteiger partial charge on any atom is 0.345 e. The van der Waals surface area contributed by atoms with Crippen molar-refractivity contribution in [2.45, 2.75) is 77.3 Å². The highest BCUT2D eigenvalue weighted by atomic mass is 16.8. The Labute approximate surface area is 159 Å². The summed E-state index contributed by atoms with van der Waals surface area (Å²) in [7, 11) is 0. The second kappa shape index (κ2) is 7.96. The van der Waals surface area contributed by atoms with Crippen LogP contribution in [0.3, 0.4) is 0 Å². The number of carbonyl (C=O) groups excluding carboxylic acids is 2. The Balaban J connectivity index is 2.57. The summed E-state index contributed by atoms with van der Waals surface area (Å²) in [5, 5.41) is 11.1. The molecule has 1 aliphatic rings. The van der Waals surface area contributed by atoms with Crippen molar-refractivity contribution in [2.24, 2.45) is 0 Å². The van der Waals surface area contributed by atoms with Gasteiger partial charge in [-0.2, -0.15) is 0 Å². The van der Waals surface area contributed by atoms with Crippen LogP contribution in [0.2, 0.25) is 0 Å². The van der Waals surface area contributed by atoms with E-state index in [4.69, 9.17) is 18.9 Å². The fourth-order valence-corrected chi connectivity index (χ4v) is 3.02. The van der Waals surface area contributed by atoms with E-state index < -0.39 is 47.7 Å². The number of ether oxygens (including phenoxy) is 4. The molecule has 7 heteroatoms. The first kappa shape index (κ1) is 21.3. The maximum absolute atomic E-state index is 13.1. The summed E-state index contributed by atoms with van der Waals surface area (Å²) in [6.07, 6.45) is -3.91. The molecular weight excluding hydrogens is 352 g/mol. The molecule has 1 N–H and O–H groups in total. The second-order valence-electron chi connectivity index (χ2n) is 7.55. The predicted octanol–water partition coefficient (Wildman–Crippen LogP) is 2.51. The quantitative estimate of drug-likeness (QED) is 0.758. The molecule has 1 fully saturated rings. The molecule has 150 valence electrons. The first-order valence-electron chi connectivity index (χ1n) is 9.02. The van der Waals surface area contributed by atoms with E-state index in [2.05, 4.69) is 0 Å². The molecule has 0 saturated carbocycles. The molecule has 1 aromatic carbocycles. The first-order chi connectivity index (χ1) is 12.5. The largest absolute Gasteiger partial charge is 0.461 e. The van der Waals surface area contributed by atoms with Crippen molar-refractivity contribution < 1.29 is 33.6 Å². The molecule has 1 heterocycles. The zero-order valence-electron chi connectivity index (χ0n) is 16.6. The van der Waals surface area contributed by atoms with E-state index in [-0.39, 0.29) is 0 Å². The Morgan fingerprint density at radius 1 is 1.04 bits per heavy atom. The Kier molecular flexibility index (Phi) is 6.29. The molecule has 0 aromatic heterocycles. The van der Waals surface area contributed by atoms with Crippen LogP contribution in [0.5, 0.6) is 0 Å². The van der Waals surface area contributed by atoms with Crippen LogP contribution >= 0.6 is 0 Å². The minimum absolute atomic E-state index is 0.391. The molecule has 2 rings (SSSR count). The summed E-state index contributed by atoms with van der Waals surface area (Å²) in [4.78, 5) is 25.8. The summed E-state index contributed by atoms with van der Waals surface area (Å²) in [6, 6.07) is 8.46. The van der Waals surface area contributed by atoms with Gasteiger partial charge in [-0.25, -0.2) is 9.59 Å². The normalized spacial score (nSPS) is 25.4. The average Bonchev–Trinajstić information content (AvgIpc) is 2.87. The number of aliphatic hydroxyl groups is 1. The SMILES string of the molecule is CC(C)OC(=O)[C@H]1OC(C)(C)O[C@]1(C(=O)OC(C)C)[C@H](O)c1ccccc1. The van der Waals surface area contributed by atoms with Crippen LogP contribution in [0, 0.1) is 0 Å². The lowest BCUT2D eigenvalue weighted by atomic mass is 9.85. The first-order valence-corrected chi connectivity index (χ1v) is 9.02. The van der Waals surface area contributed by atoms with Crippen LogP contribution in [-0.4, -0.2) is 46.7 Å². The molecule has 1 saturated heterocycles. The van der Waals surface area contributed by atoms with Gasteiger partial charge >= 0.3 is 11.9 Å². The molecule has 0 aliphatic carbocycles. The minimum Gasteiger partial charge on any atom is -0.461 e. The highest BCUT2D eigenvalue weighted by molar-refractivity contribution is 5.91. The van der Waals surface area contributed by atoms with E-state index in [1.54, 1.807) is 71.9 Å². The lowest BCUT2D eigenvalue weighted by molar-refractivity contribution is -0.211. The molecule has 1 aliphatic heterocycles. The Morgan fingerprint density at radius 2 is 1.59 bits per heavy atom. The number of benzene rings is 1. The van der Waals surface area contributed by atoms with Crippen LogP contribution in [0.4, 0.5) is 0 Å². The number of hydrogen-bond acceptors (Lipinski definition) is 7. The van der Waals surface area contributed by atoms with Gasteiger partial charge in [-0.15, -0.1) is 0 Å². The van der Waals surface area contributed by atoms with Crippen LogP contribution in [0.15, 0.2) is 30.3 Å². The predicted molar refractivity (Wildman–Crippen MR) is 96.6 cm³/mol. The standard InChI is InChI=1S/C20H28O7/c1-12(2)24-17(22)16-20(18(23)25-13(3)4,27-19(5,6)26-16)15(21)14-10-8-7-9-11-14/h7-13,15-16,21H,1-6H3/t15-,16-,20-/m1/s1. The van der Waals surface area contributed by atoms with Gasteiger partial charge in [0.2, 0.25) is 11.7 Å². The van der Waals surface area contributed by atoms with Crippen LogP contribution in [0.1, 0.15) is 53.2 Å². The molecule has 0 unspecified atom stereocenters. The molecule has 27 heavy (non-hydrogen) atoms. The van der Waals surface area contributed by atoms with Gasteiger partial charge in [0.15, 0.2) is 5.79 Å². The molecule has 0 amide bonds. The van der Waals surface area contributed by atoms with Gasteiger partial charge < -0.3 is 24.1 Å². The smallest absolute Gasteiger partial charge is 0.345 e. The monoisotopic (exact) mass is 380 g/mol. The zero-order valence-corrected chi connectivity index (χ0v) is 16.6. The summed E-state index contributed by atoms with van der Waals surface area (Å²) in [6.45, 7) is 9.82. The van der Waals surface area contributed by atoms with Crippen molar-refractivity contribution in [1.29, 1.82) is 0 Å². The lowest BCUT2D eigenvalue weighted by Crippen LogP contribution is -2.57. The van der Waals surface area contributed by atoms with Crippen LogP contribution in [0.25, 0.3) is 0 Å². The Morgan fingerprint density at radius 3 is 2.11 bits per heavy atom. The molecule has 0 spiro atoms. The van der Waals surface area contributed by atoms with Gasteiger partial charge in [-0.1, -0.05) is 30.3 Å². The van der Waals surface area contributed by atoms with Gasteiger partial charge in [0.05, 0.1) is 12.2 Å². The third kappa shape index (κ3) is 4.48. The minimum atomic E-state index is -2.10. The number of rotatable bonds is 6. The van der Waals surface area contributed by atoms with Gasteiger partial charge in [0.25, 0.3) is 0 Å². The topological polar surface area (TPSA) is 91.3 Å². The van der Waals surface area contributed by atoms with E-state index in [0.717, 1.165) is 0 Å². The van der Waals surface area contributed by atoms with Crippen molar-refractivity contribution in [2.75, 3.05) is 0 Å². The van der Waals surface area contributed by atoms with Gasteiger partial charge in [0.1, 0.15) is 6.10 Å². The third-order valence-electron chi connectivity index (χ3n) is 3.96. The van der Waals surface area contributed by atoms with E-state index in [0.29, 0.717) is 5.56 Å². The van der Waals surface area contributed by atoms with Crippen molar-refractivity contribution in [3.05, 3.63) is 35.9 Å². The van der Waals surface area contributed by atoms with Gasteiger partial charge in [0, 0.05) is 0 Å². The fraction of sp³-hybridized carbons (Fsp3) is 0.600. The van der Waals surface area contributed by atoms with Gasteiger partial charge in [-0.3, -0.25) is 0 Å². The number of esters is 2. The summed E-state index contributed by atoms with van der Waals surface area (Å²) < 4.78 is 22.2. The van der Waals surface area contributed by atoms with Crippen molar-refractivity contribution >= 4 is 11.9 Å². The molecular formula is C20H28O7. The molecule has 0 radical (unpaired) electrons. The molecule has 3 atom stereocenters. The Bertz CT molecular complexity index is 668. The number of aliphatic hydroxyl groups excluding tert-OH is 1.